The van der Waals surface area contributed by atoms with Gasteiger partial charge < -0.3 is 10.5 Å². The molecule has 7 heteroatoms. The molecule has 0 bridgehead atoms. The highest BCUT2D eigenvalue weighted by Gasteiger charge is 2.19. The molecule has 0 radical (unpaired) electrons. The fourth-order valence-corrected chi connectivity index (χ4v) is 3.57. The molecular weight excluding hydrogens is 340 g/mol. The number of carbonyl (C=O) groups excluding carboxylic acids is 1. The van der Waals surface area contributed by atoms with Crippen molar-refractivity contribution in [2.45, 2.75) is 31.7 Å². The van der Waals surface area contributed by atoms with E-state index in [9.17, 15) is 13.2 Å². The summed E-state index contributed by atoms with van der Waals surface area (Å²) in [5.74, 6) is -0.272. The predicted molar refractivity (Wildman–Crippen MR) is 96.2 cm³/mol. The molecule has 0 heterocycles. The van der Waals surface area contributed by atoms with E-state index >= 15 is 0 Å². The highest BCUT2D eigenvalue weighted by molar-refractivity contribution is 7.89. The molecule has 0 aliphatic carbocycles. The zero-order valence-electron chi connectivity index (χ0n) is 14.4. The summed E-state index contributed by atoms with van der Waals surface area (Å²) in [6.45, 7) is 5.54. The van der Waals surface area contributed by atoms with Crippen LogP contribution >= 0.6 is 0 Å². The van der Waals surface area contributed by atoms with Gasteiger partial charge in [-0.15, -0.1) is 0 Å². The van der Waals surface area contributed by atoms with Crippen molar-refractivity contribution >= 4 is 15.9 Å². The van der Waals surface area contributed by atoms with Crippen molar-refractivity contribution in [3.63, 3.8) is 0 Å². The second-order valence-corrected chi connectivity index (χ2v) is 7.65. The zero-order valence-corrected chi connectivity index (χ0v) is 15.3. The normalized spacial score (nSPS) is 12.6. The van der Waals surface area contributed by atoms with Crippen LogP contribution in [-0.2, 0) is 10.0 Å². The second-order valence-electron chi connectivity index (χ2n) is 5.94. The number of carbonyl (C=O) groups is 1. The molecule has 3 N–H and O–H groups in total. The third-order valence-corrected chi connectivity index (χ3v) is 5.37. The standard InChI is InChI=1S/C18H22N2O4S/c1-12-8-9-15(10-13(12)2)25(22,23)20-14(3)11-24-17-7-5-4-6-16(17)18(19)21/h4-10,14,20H,11H2,1-3H3,(H2,19,21)/t14-/m0/s1. The van der Waals surface area contributed by atoms with Gasteiger partial charge in [-0.05, 0) is 56.2 Å². The first-order valence-corrected chi connectivity index (χ1v) is 9.30. The van der Waals surface area contributed by atoms with Crippen LogP contribution in [0.5, 0.6) is 5.75 Å². The van der Waals surface area contributed by atoms with Crippen LogP contribution in [0.1, 0.15) is 28.4 Å². The largest absolute Gasteiger partial charge is 0.491 e. The van der Waals surface area contributed by atoms with Gasteiger partial charge in [0, 0.05) is 0 Å². The number of aryl methyl sites for hydroxylation is 2. The van der Waals surface area contributed by atoms with E-state index in [1.165, 1.54) is 0 Å². The molecule has 2 aromatic rings. The van der Waals surface area contributed by atoms with Gasteiger partial charge in [-0.2, -0.15) is 0 Å². The van der Waals surface area contributed by atoms with Crippen LogP contribution in [0.3, 0.4) is 0 Å². The summed E-state index contributed by atoms with van der Waals surface area (Å²) in [7, 11) is -3.65. The molecule has 0 spiro atoms. The van der Waals surface area contributed by atoms with Crippen LogP contribution in [0.15, 0.2) is 47.4 Å². The van der Waals surface area contributed by atoms with Crippen molar-refractivity contribution in [3.05, 3.63) is 59.2 Å². The van der Waals surface area contributed by atoms with Gasteiger partial charge in [0.2, 0.25) is 10.0 Å². The Hall–Kier alpha value is -2.38. The molecule has 0 fully saturated rings. The van der Waals surface area contributed by atoms with Crippen molar-refractivity contribution in [1.82, 2.24) is 4.72 Å². The fraction of sp³-hybridized carbons (Fsp3) is 0.278. The first-order valence-electron chi connectivity index (χ1n) is 7.82. The summed E-state index contributed by atoms with van der Waals surface area (Å²) in [5.41, 5.74) is 7.48. The molecule has 2 aromatic carbocycles. The Kier molecular flexibility index (Phi) is 5.81. The van der Waals surface area contributed by atoms with E-state index in [1.54, 1.807) is 49.4 Å². The molecule has 2 rings (SSSR count). The Balaban J connectivity index is 2.06. The van der Waals surface area contributed by atoms with E-state index in [0.717, 1.165) is 11.1 Å². The highest BCUT2D eigenvalue weighted by Crippen LogP contribution is 2.18. The van der Waals surface area contributed by atoms with Crippen LogP contribution in [0.4, 0.5) is 0 Å². The SMILES string of the molecule is Cc1ccc(S(=O)(=O)N[C@@H](C)COc2ccccc2C(N)=O)cc1C. The Morgan fingerprint density at radius 1 is 1.16 bits per heavy atom. The number of amides is 1. The lowest BCUT2D eigenvalue weighted by Crippen LogP contribution is -2.37. The minimum atomic E-state index is -3.65. The number of para-hydroxylation sites is 1. The molecule has 0 saturated carbocycles. The van der Waals surface area contributed by atoms with Crippen LogP contribution in [-0.4, -0.2) is 27.0 Å². The third-order valence-electron chi connectivity index (χ3n) is 3.79. The molecule has 6 nitrogen and oxygen atoms in total. The summed E-state index contributed by atoms with van der Waals surface area (Å²) < 4.78 is 33.0. The van der Waals surface area contributed by atoms with E-state index < -0.39 is 22.0 Å². The number of sulfonamides is 1. The van der Waals surface area contributed by atoms with E-state index in [1.807, 2.05) is 13.8 Å². The van der Waals surface area contributed by atoms with Gasteiger partial charge in [0.15, 0.2) is 0 Å². The Labute approximate surface area is 148 Å². The quantitative estimate of drug-likeness (QED) is 0.788. The van der Waals surface area contributed by atoms with E-state index in [2.05, 4.69) is 4.72 Å². The Morgan fingerprint density at radius 2 is 1.84 bits per heavy atom. The monoisotopic (exact) mass is 362 g/mol. The molecule has 0 unspecified atom stereocenters. The van der Waals surface area contributed by atoms with Gasteiger partial charge in [0.05, 0.1) is 16.5 Å². The van der Waals surface area contributed by atoms with Crippen molar-refractivity contribution in [2.75, 3.05) is 6.61 Å². The minimum Gasteiger partial charge on any atom is -0.491 e. The highest BCUT2D eigenvalue weighted by atomic mass is 32.2. The number of rotatable bonds is 7. The summed E-state index contributed by atoms with van der Waals surface area (Å²) in [6.07, 6.45) is 0. The number of nitrogens with two attached hydrogens (primary N) is 1. The van der Waals surface area contributed by atoms with Crippen molar-refractivity contribution in [1.29, 1.82) is 0 Å². The summed E-state index contributed by atoms with van der Waals surface area (Å²) in [5, 5.41) is 0. The van der Waals surface area contributed by atoms with Crippen LogP contribution in [0, 0.1) is 13.8 Å². The number of benzene rings is 2. The Bertz CT molecular complexity index is 878. The first-order chi connectivity index (χ1) is 11.7. The topological polar surface area (TPSA) is 98.5 Å². The summed E-state index contributed by atoms with van der Waals surface area (Å²) in [4.78, 5) is 11.6. The molecule has 25 heavy (non-hydrogen) atoms. The van der Waals surface area contributed by atoms with Gasteiger partial charge in [0.25, 0.3) is 5.91 Å². The predicted octanol–water partition coefficient (Wildman–Crippen LogP) is 2.15. The molecule has 0 aliphatic rings. The second kappa shape index (κ2) is 7.67. The number of nitrogens with one attached hydrogen (secondary N) is 1. The van der Waals surface area contributed by atoms with Crippen LogP contribution < -0.4 is 15.2 Å². The molecule has 0 saturated heterocycles. The van der Waals surface area contributed by atoms with Crippen molar-refractivity contribution in [2.24, 2.45) is 5.73 Å². The summed E-state index contributed by atoms with van der Waals surface area (Å²) >= 11 is 0. The molecular formula is C18H22N2O4S. The zero-order chi connectivity index (χ0) is 18.6. The lowest BCUT2D eigenvalue weighted by molar-refractivity contribution is 0.0996. The molecule has 0 aliphatic heterocycles. The first kappa shape index (κ1) is 19.0. The molecule has 1 amide bonds. The number of hydrogen-bond acceptors (Lipinski definition) is 4. The van der Waals surface area contributed by atoms with Gasteiger partial charge in [-0.1, -0.05) is 18.2 Å². The van der Waals surface area contributed by atoms with Crippen molar-refractivity contribution in [3.8, 4) is 5.75 Å². The lowest BCUT2D eigenvalue weighted by Gasteiger charge is -2.17. The van der Waals surface area contributed by atoms with Gasteiger partial charge in [0.1, 0.15) is 12.4 Å². The Morgan fingerprint density at radius 3 is 2.48 bits per heavy atom. The molecule has 1 atom stereocenters. The maximum absolute atomic E-state index is 12.5. The van der Waals surface area contributed by atoms with E-state index in [0.29, 0.717) is 5.75 Å². The van der Waals surface area contributed by atoms with E-state index in [4.69, 9.17) is 10.5 Å². The molecule has 134 valence electrons. The van der Waals surface area contributed by atoms with Crippen molar-refractivity contribution < 1.29 is 17.9 Å². The van der Waals surface area contributed by atoms with Crippen LogP contribution in [0.2, 0.25) is 0 Å². The minimum absolute atomic E-state index is 0.0639. The van der Waals surface area contributed by atoms with Crippen LogP contribution in [0.25, 0.3) is 0 Å². The fourth-order valence-electron chi connectivity index (χ4n) is 2.26. The summed E-state index contributed by atoms with van der Waals surface area (Å²) in [6, 6.07) is 11.0. The van der Waals surface area contributed by atoms with Gasteiger partial charge >= 0.3 is 0 Å². The van der Waals surface area contributed by atoms with Gasteiger partial charge in [-0.3, -0.25) is 4.79 Å². The average Bonchev–Trinajstić information content (AvgIpc) is 2.55. The number of ether oxygens (including phenoxy) is 1. The number of hydrogen-bond donors (Lipinski definition) is 2. The smallest absolute Gasteiger partial charge is 0.252 e. The maximum atomic E-state index is 12.5. The third kappa shape index (κ3) is 4.80. The molecule has 0 aromatic heterocycles. The van der Waals surface area contributed by atoms with E-state index in [-0.39, 0.29) is 17.1 Å². The average molecular weight is 362 g/mol. The van der Waals surface area contributed by atoms with Gasteiger partial charge in [-0.25, -0.2) is 13.1 Å². The maximum Gasteiger partial charge on any atom is 0.252 e. The number of primary amides is 1. The lowest BCUT2D eigenvalue weighted by atomic mass is 10.1.